The zero-order chi connectivity index (χ0) is 14.0. The average molecular weight is 343 g/mol. The summed E-state index contributed by atoms with van der Waals surface area (Å²) in [5, 5.41) is 0.586. The molecule has 0 aliphatic rings. The Kier molecular flexibility index (Phi) is 4.01. The Balaban J connectivity index is 2.44. The Morgan fingerprint density at radius 1 is 1.47 bits per heavy atom. The molecule has 0 atom stereocenters. The van der Waals surface area contributed by atoms with Crippen molar-refractivity contribution in [1.29, 1.82) is 0 Å². The van der Waals surface area contributed by atoms with Crippen LogP contribution in [0.4, 0.5) is 5.82 Å². The van der Waals surface area contributed by atoms with Crippen molar-refractivity contribution in [2.45, 2.75) is 0 Å². The lowest BCUT2D eigenvalue weighted by molar-refractivity contribution is 0.0601. The van der Waals surface area contributed by atoms with Gasteiger partial charge in [0.2, 0.25) is 0 Å². The number of ether oxygens (including phenoxy) is 1. The van der Waals surface area contributed by atoms with Crippen molar-refractivity contribution >= 4 is 39.3 Å². The zero-order valence-electron chi connectivity index (χ0n) is 9.85. The maximum atomic E-state index is 11.4. The number of halogens is 2. The number of carbonyl (C=O) groups is 1. The molecule has 2 aromatic rings. The van der Waals surface area contributed by atoms with Gasteiger partial charge in [-0.1, -0.05) is 11.6 Å². The number of methoxy groups -OCH3 is 1. The standard InChI is InChI=1S/C12H9BrClN3O2/c1-19-12(18)7-5-16-11(17-10(7)15)6-2-3-9(14)8(13)4-6/h2-5H,1H3,(H2,15,16,17). The number of hydrogen-bond acceptors (Lipinski definition) is 5. The van der Waals surface area contributed by atoms with E-state index in [0.29, 0.717) is 10.8 Å². The van der Waals surface area contributed by atoms with Crippen LogP contribution < -0.4 is 5.73 Å². The Bertz CT molecular complexity index is 649. The van der Waals surface area contributed by atoms with Gasteiger partial charge in [-0.25, -0.2) is 14.8 Å². The molecule has 0 saturated heterocycles. The second-order valence-electron chi connectivity index (χ2n) is 3.61. The highest BCUT2D eigenvalue weighted by atomic mass is 79.9. The van der Waals surface area contributed by atoms with Crippen LogP contribution in [-0.4, -0.2) is 23.0 Å². The Labute approximate surface area is 122 Å². The molecule has 5 nitrogen and oxygen atoms in total. The van der Waals surface area contributed by atoms with E-state index in [1.54, 1.807) is 18.2 Å². The van der Waals surface area contributed by atoms with Crippen molar-refractivity contribution in [2.75, 3.05) is 12.8 Å². The van der Waals surface area contributed by atoms with Crippen LogP contribution in [0.1, 0.15) is 10.4 Å². The van der Waals surface area contributed by atoms with Gasteiger partial charge in [0.15, 0.2) is 5.82 Å². The molecule has 2 rings (SSSR count). The van der Waals surface area contributed by atoms with Crippen molar-refractivity contribution in [3.8, 4) is 11.4 Å². The normalized spacial score (nSPS) is 10.3. The van der Waals surface area contributed by atoms with E-state index < -0.39 is 5.97 Å². The third kappa shape index (κ3) is 2.85. The van der Waals surface area contributed by atoms with E-state index in [4.69, 9.17) is 17.3 Å². The number of aromatic nitrogens is 2. The first-order valence-corrected chi connectivity index (χ1v) is 6.36. The molecule has 0 fully saturated rings. The molecule has 1 aromatic carbocycles. The molecule has 19 heavy (non-hydrogen) atoms. The van der Waals surface area contributed by atoms with Crippen LogP contribution in [0.25, 0.3) is 11.4 Å². The fourth-order valence-corrected chi connectivity index (χ4v) is 1.93. The molecule has 0 aliphatic heterocycles. The molecule has 0 aliphatic carbocycles. The van der Waals surface area contributed by atoms with Gasteiger partial charge in [0.1, 0.15) is 11.4 Å². The van der Waals surface area contributed by atoms with Gasteiger partial charge < -0.3 is 10.5 Å². The van der Waals surface area contributed by atoms with E-state index in [-0.39, 0.29) is 11.4 Å². The van der Waals surface area contributed by atoms with E-state index in [1.807, 2.05) is 0 Å². The molecule has 2 N–H and O–H groups in total. The first-order chi connectivity index (χ1) is 9.02. The van der Waals surface area contributed by atoms with E-state index >= 15 is 0 Å². The molecule has 0 bridgehead atoms. The highest BCUT2D eigenvalue weighted by Gasteiger charge is 2.13. The molecule has 0 spiro atoms. The summed E-state index contributed by atoms with van der Waals surface area (Å²) in [6, 6.07) is 5.25. The molecular weight excluding hydrogens is 334 g/mol. The quantitative estimate of drug-likeness (QED) is 0.849. The number of anilines is 1. The third-order valence-electron chi connectivity index (χ3n) is 2.40. The predicted molar refractivity (Wildman–Crippen MR) is 75.9 cm³/mol. The van der Waals surface area contributed by atoms with Crippen LogP contribution in [0.15, 0.2) is 28.9 Å². The van der Waals surface area contributed by atoms with Crippen LogP contribution in [0.2, 0.25) is 5.02 Å². The number of esters is 1. The molecule has 98 valence electrons. The summed E-state index contributed by atoms with van der Waals surface area (Å²) in [4.78, 5) is 19.6. The van der Waals surface area contributed by atoms with Crippen LogP contribution >= 0.6 is 27.5 Å². The summed E-state index contributed by atoms with van der Waals surface area (Å²) in [6.07, 6.45) is 1.34. The number of nitrogens with zero attached hydrogens (tertiary/aromatic N) is 2. The largest absolute Gasteiger partial charge is 0.465 e. The van der Waals surface area contributed by atoms with Gasteiger partial charge in [-0.2, -0.15) is 0 Å². The Morgan fingerprint density at radius 3 is 2.79 bits per heavy atom. The minimum Gasteiger partial charge on any atom is -0.465 e. The highest BCUT2D eigenvalue weighted by Crippen LogP contribution is 2.27. The smallest absolute Gasteiger partial charge is 0.343 e. The van der Waals surface area contributed by atoms with Gasteiger partial charge in [-0.05, 0) is 34.1 Å². The van der Waals surface area contributed by atoms with Crippen molar-refractivity contribution < 1.29 is 9.53 Å². The SMILES string of the molecule is COC(=O)c1cnc(-c2ccc(Cl)c(Br)c2)nc1N. The highest BCUT2D eigenvalue weighted by molar-refractivity contribution is 9.10. The summed E-state index contributed by atoms with van der Waals surface area (Å²) in [6.45, 7) is 0. The summed E-state index contributed by atoms with van der Waals surface area (Å²) in [5.74, 6) is -0.0909. The molecule has 0 radical (unpaired) electrons. The lowest BCUT2D eigenvalue weighted by Gasteiger charge is -2.06. The van der Waals surface area contributed by atoms with Crippen molar-refractivity contribution in [3.05, 3.63) is 39.5 Å². The number of benzene rings is 1. The van der Waals surface area contributed by atoms with Crippen LogP contribution in [0, 0.1) is 0 Å². The minimum absolute atomic E-state index is 0.0722. The van der Waals surface area contributed by atoms with Crippen LogP contribution in [0.3, 0.4) is 0 Å². The fraction of sp³-hybridized carbons (Fsp3) is 0.0833. The lowest BCUT2D eigenvalue weighted by Crippen LogP contribution is -2.09. The topological polar surface area (TPSA) is 78.1 Å². The van der Waals surface area contributed by atoms with Crippen molar-refractivity contribution in [3.63, 3.8) is 0 Å². The molecule has 1 aromatic heterocycles. The predicted octanol–water partition coefficient (Wildman–Crippen LogP) is 2.93. The molecule has 0 amide bonds. The molecule has 1 heterocycles. The van der Waals surface area contributed by atoms with Gasteiger partial charge in [0.05, 0.1) is 12.1 Å². The van der Waals surface area contributed by atoms with E-state index in [2.05, 4.69) is 30.6 Å². The minimum atomic E-state index is -0.568. The van der Waals surface area contributed by atoms with E-state index in [0.717, 1.165) is 10.0 Å². The number of rotatable bonds is 2. The molecular formula is C12H9BrClN3O2. The first-order valence-electron chi connectivity index (χ1n) is 5.19. The van der Waals surface area contributed by atoms with Crippen LogP contribution in [0.5, 0.6) is 0 Å². The van der Waals surface area contributed by atoms with Gasteiger partial charge in [0.25, 0.3) is 0 Å². The first kappa shape index (κ1) is 13.8. The summed E-state index contributed by atoms with van der Waals surface area (Å²) in [5.41, 5.74) is 6.59. The number of nitrogens with two attached hydrogens (primary N) is 1. The average Bonchev–Trinajstić information content (AvgIpc) is 2.41. The van der Waals surface area contributed by atoms with Gasteiger partial charge in [0, 0.05) is 16.2 Å². The van der Waals surface area contributed by atoms with Crippen molar-refractivity contribution in [2.24, 2.45) is 0 Å². The summed E-state index contributed by atoms with van der Waals surface area (Å²) >= 11 is 9.23. The van der Waals surface area contributed by atoms with Gasteiger partial charge >= 0.3 is 5.97 Å². The van der Waals surface area contributed by atoms with E-state index in [9.17, 15) is 4.79 Å². The molecule has 7 heteroatoms. The van der Waals surface area contributed by atoms with Gasteiger partial charge in [-0.3, -0.25) is 0 Å². The Hall–Kier alpha value is -1.66. The molecule has 0 unspecified atom stereocenters. The molecule has 0 saturated carbocycles. The van der Waals surface area contributed by atoms with Crippen molar-refractivity contribution in [1.82, 2.24) is 9.97 Å². The lowest BCUT2D eigenvalue weighted by atomic mass is 10.2. The number of nitrogen functional groups attached to an aromatic ring is 1. The third-order valence-corrected chi connectivity index (χ3v) is 3.62. The number of hydrogen-bond donors (Lipinski definition) is 1. The monoisotopic (exact) mass is 341 g/mol. The van der Waals surface area contributed by atoms with Crippen LogP contribution in [-0.2, 0) is 4.74 Å². The fourth-order valence-electron chi connectivity index (χ4n) is 1.44. The Morgan fingerprint density at radius 2 is 2.21 bits per heavy atom. The maximum Gasteiger partial charge on any atom is 0.343 e. The maximum absolute atomic E-state index is 11.4. The number of carbonyl (C=O) groups excluding carboxylic acids is 1. The summed E-state index contributed by atoms with van der Waals surface area (Å²) < 4.78 is 5.30. The zero-order valence-corrected chi connectivity index (χ0v) is 12.2. The second kappa shape index (κ2) is 5.54. The van der Waals surface area contributed by atoms with Gasteiger partial charge in [-0.15, -0.1) is 0 Å². The summed E-state index contributed by atoms with van der Waals surface area (Å²) in [7, 11) is 1.27. The second-order valence-corrected chi connectivity index (χ2v) is 4.87. The van der Waals surface area contributed by atoms with E-state index in [1.165, 1.54) is 13.3 Å².